The van der Waals surface area contributed by atoms with Gasteiger partial charge in [0, 0.05) is 52.8 Å². The van der Waals surface area contributed by atoms with Gasteiger partial charge in [-0.25, -0.2) is 0 Å². The Balaban J connectivity index is 1.25. The SMILES string of the molecule is N#CC(=Cc1ccc(-c2cnc3cc(-c4ccc(C=C(C#N)c5cccs5)s4)cnc3c2)s1)c1cccs1. The van der Waals surface area contributed by atoms with Gasteiger partial charge >= 0.3 is 0 Å². The summed E-state index contributed by atoms with van der Waals surface area (Å²) in [7, 11) is 0. The van der Waals surface area contributed by atoms with Crippen LogP contribution >= 0.6 is 45.3 Å². The van der Waals surface area contributed by atoms with Crippen molar-refractivity contribution in [2.75, 3.05) is 0 Å². The number of pyridine rings is 2. The normalized spacial score (nSPS) is 11.9. The van der Waals surface area contributed by atoms with Gasteiger partial charge in [-0.1, -0.05) is 12.1 Å². The van der Waals surface area contributed by atoms with Crippen molar-refractivity contribution in [1.29, 1.82) is 10.5 Å². The van der Waals surface area contributed by atoms with Crippen LogP contribution in [0.25, 0.3) is 55.2 Å². The largest absolute Gasteiger partial charge is 0.254 e. The molecular formula is C30H16N4S4. The molecule has 6 rings (SSSR count). The summed E-state index contributed by atoms with van der Waals surface area (Å²) in [6, 6.07) is 24.7. The second-order valence-electron chi connectivity index (χ2n) is 8.18. The molecular weight excluding hydrogens is 545 g/mol. The number of thiophene rings is 4. The number of hydrogen-bond acceptors (Lipinski definition) is 8. The number of allylic oxidation sites excluding steroid dienone is 2. The third-order valence-corrected chi connectivity index (χ3v) is 9.71. The van der Waals surface area contributed by atoms with Crippen molar-refractivity contribution in [3.8, 4) is 33.0 Å². The molecule has 6 aromatic heterocycles. The Morgan fingerprint density at radius 1 is 0.658 bits per heavy atom. The van der Waals surface area contributed by atoms with Crippen molar-refractivity contribution >= 4 is 79.7 Å². The Bertz CT molecular complexity index is 1750. The quantitative estimate of drug-likeness (QED) is 0.190. The summed E-state index contributed by atoms with van der Waals surface area (Å²) in [5, 5.41) is 23.1. The zero-order chi connectivity index (χ0) is 25.9. The van der Waals surface area contributed by atoms with E-state index in [1.54, 1.807) is 45.3 Å². The number of nitriles is 2. The highest BCUT2D eigenvalue weighted by Crippen LogP contribution is 2.34. The van der Waals surface area contributed by atoms with E-state index in [0.29, 0.717) is 11.1 Å². The Morgan fingerprint density at radius 3 is 1.53 bits per heavy atom. The van der Waals surface area contributed by atoms with Crippen molar-refractivity contribution in [3.05, 3.63) is 103 Å². The van der Waals surface area contributed by atoms with Gasteiger partial charge in [-0.2, -0.15) is 10.5 Å². The standard InChI is InChI=1S/C30H16N4S4/c31-15-19(27-3-1-9-35-27)11-23-5-7-29(37-23)21-13-25-26(33-17-21)14-22(18-34-25)30-8-6-24(38-30)12-20(16-32)28-4-2-10-36-28/h1-14,17-18H. The predicted molar refractivity (Wildman–Crippen MR) is 162 cm³/mol. The molecule has 0 unspecified atom stereocenters. The van der Waals surface area contributed by atoms with Crippen molar-refractivity contribution in [3.63, 3.8) is 0 Å². The highest BCUT2D eigenvalue weighted by Gasteiger charge is 2.10. The van der Waals surface area contributed by atoms with Gasteiger partial charge in [0.2, 0.25) is 0 Å². The molecule has 38 heavy (non-hydrogen) atoms. The maximum Gasteiger partial charge on any atom is 0.101 e. The van der Waals surface area contributed by atoms with E-state index in [1.807, 2.05) is 71.7 Å². The Labute approximate surface area is 235 Å². The highest BCUT2D eigenvalue weighted by molar-refractivity contribution is 7.17. The van der Waals surface area contributed by atoms with E-state index in [-0.39, 0.29) is 0 Å². The number of aromatic nitrogens is 2. The third-order valence-electron chi connectivity index (χ3n) is 5.74. The molecule has 0 amide bonds. The molecule has 0 aliphatic carbocycles. The first-order valence-electron chi connectivity index (χ1n) is 11.5. The van der Waals surface area contributed by atoms with Crippen molar-refractivity contribution in [2.24, 2.45) is 0 Å². The molecule has 0 saturated heterocycles. The Kier molecular flexibility index (Phi) is 6.78. The second-order valence-corrected chi connectivity index (χ2v) is 12.3. The lowest BCUT2D eigenvalue weighted by molar-refractivity contribution is 1.34. The van der Waals surface area contributed by atoms with E-state index in [9.17, 15) is 10.5 Å². The van der Waals surface area contributed by atoms with Crippen LogP contribution in [-0.4, -0.2) is 9.97 Å². The molecule has 0 atom stereocenters. The summed E-state index contributed by atoms with van der Waals surface area (Å²) in [6.07, 6.45) is 7.62. The van der Waals surface area contributed by atoms with Crippen LogP contribution in [0.2, 0.25) is 0 Å². The molecule has 0 radical (unpaired) electrons. The van der Waals surface area contributed by atoms with Crippen LogP contribution in [0.5, 0.6) is 0 Å². The molecule has 8 heteroatoms. The first-order valence-corrected chi connectivity index (χ1v) is 14.9. The van der Waals surface area contributed by atoms with E-state index in [2.05, 4.69) is 36.4 Å². The topological polar surface area (TPSA) is 73.4 Å². The van der Waals surface area contributed by atoms with Crippen LogP contribution in [0.15, 0.2) is 83.8 Å². The second kappa shape index (κ2) is 10.7. The van der Waals surface area contributed by atoms with Crippen LogP contribution in [0.4, 0.5) is 0 Å². The summed E-state index contributed by atoms with van der Waals surface area (Å²) in [4.78, 5) is 15.5. The molecule has 0 aliphatic heterocycles. The fraction of sp³-hybridized carbons (Fsp3) is 0. The molecule has 0 aromatic carbocycles. The first-order chi connectivity index (χ1) is 18.7. The highest BCUT2D eigenvalue weighted by atomic mass is 32.1. The molecule has 6 aromatic rings. The van der Waals surface area contributed by atoms with E-state index in [4.69, 9.17) is 9.97 Å². The maximum atomic E-state index is 9.56. The first kappa shape index (κ1) is 24.2. The van der Waals surface area contributed by atoms with Gasteiger partial charge in [-0.05, 0) is 71.4 Å². The van der Waals surface area contributed by atoms with Crippen LogP contribution in [0.3, 0.4) is 0 Å². The lowest BCUT2D eigenvalue weighted by Gasteiger charge is -2.03. The van der Waals surface area contributed by atoms with E-state index < -0.39 is 0 Å². The van der Waals surface area contributed by atoms with Crippen LogP contribution in [-0.2, 0) is 0 Å². The lowest BCUT2D eigenvalue weighted by Crippen LogP contribution is -1.86. The van der Waals surface area contributed by atoms with E-state index in [1.165, 1.54) is 0 Å². The predicted octanol–water partition coefficient (Wildman–Crippen LogP) is 9.34. The number of hydrogen-bond donors (Lipinski definition) is 0. The average molecular weight is 561 g/mol. The summed E-state index contributed by atoms with van der Waals surface area (Å²) in [6.45, 7) is 0. The smallest absolute Gasteiger partial charge is 0.101 e. The van der Waals surface area contributed by atoms with Gasteiger partial charge in [-0.15, -0.1) is 45.3 Å². The van der Waals surface area contributed by atoms with Gasteiger partial charge < -0.3 is 0 Å². The molecule has 0 aliphatic rings. The van der Waals surface area contributed by atoms with Gasteiger partial charge in [0.25, 0.3) is 0 Å². The summed E-state index contributed by atoms with van der Waals surface area (Å²) >= 11 is 6.38. The van der Waals surface area contributed by atoms with Gasteiger partial charge in [-0.3, -0.25) is 9.97 Å². The summed E-state index contributed by atoms with van der Waals surface area (Å²) < 4.78 is 0. The Morgan fingerprint density at radius 2 is 1.13 bits per heavy atom. The van der Waals surface area contributed by atoms with Crippen LogP contribution in [0.1, 0.15) is 19.5 Å². The maximum absolute atomic E-state index is 9.56. The summed E-state index contributed by atoms with van der Waals surface area (Å²) in [5.74, 6) is 0. The fourth-order valence-electron chi connectivity index (χ4n) is 3.91. The number of nitrogens with zero attached hydrogens (tertiary/aromatic N) is 4. The van der Waals surface area contributed by atoms with Crippen LogP contribution in [0, 0.1) is 22.7 Å². The zero-order valence-corrected chi connectivity index (χ0v) is 22.9. The summed E-state index contributed by atoms with van der Waals surface area (Å²) in [5.41, 5.74) is 4.99. The van der Waals surface area contributed by atoms with E-state index in [0.717, 1.165) is 51.4 Å². The molecule has 0 N–H and O–H groups in total. The average Bonchev–Trinajstić information content (AvgIpc) is 3.77. The third kappa shape index (κ3) is 4.99. The fourth-order valence-corrected chi connectivity index (χ4v) is 7.16. The molecule has 0 bridgehead atoms. The monoisotopic (exact) mass is 560 g/mol. The van der Waals surface area contributed by atoms with Crippen molar-refractivity contribution in [2.45, 2.75) is 0 Å². The zero-order valence-electron chi connectivity index (χ0n) is 19.7. The molecule has 0 spiro atoms. The minimum atomic E-state index is 0.668. The van der Waals surface area contributed by atoms with E-state index >= 15 is 0 Å². The van der Waals surface area contributed by atoms with Gasteiger partial charge in [0.1, 0.15) is 12.1 Å². The van der Waals surface area contributed by atoms with Gasteiger partial charge in [0.15, 0.2) is 0 Å². The molecule has 6 heterocycles. The Hall–Kier alpha value is -4.18. The molecule has 4 nitrogen and oxygen atoms in total. The van der Waals surface area contributed by atoms with Crippen molar-refractivity contribution in [1.82, 2.24) is 9.97 Å². The number of fused-ring (bicyclic) bond motifs is 1. The molecule has 0 fully saturated rings. The number of rotatable bonds is 6. The van der Waals surface area contributed by atoms with Gasteiger partial charge in [0.05, 0.1) is 22.2 Å². The minimum Gasteiger partial charge on any atom is -0.254 e. The van der Waals surface area contributed by atoms with Crippen LogP contribution < -0.4 is 0 Å². The van der Waals surface area contributed by atoms with Crippen molar-refractivity contribution < 1.29 is 0 Å². The molecule has 180 valence electrons. The molecule has 0 saturated carbocycles. The minimum absolute atomic E-state index is 0.668. The lowest BCUT2D eigenvalue weighted by atomic mass is 10.1.